The number of ether oxygens (including phenoxy) is 1. The summed E-state index contributed by atoms with van der Waals surface area (Å²) in [7, 11) is -3.83. The first-order chi connectivity index (χ1) is 11.7. The van der Waals surface area contributed by atoms with Crippen LogP contribution >= 0.6 is 34.8 Å². The van der Waals surface area contributed by atoms with E-state index in [1.807, 2.05) is 13.8 Å². The molecule has 0 saturated carbocycles. The number of sulfonamides is 1. The zero-order valence-corrected chi connectivity index (χ0v) is 16.4. The highest BCUT2D eigenvalue weighted by molar-refractivity contribution is 7.89. The third-order valence-electron chi connectivity index (χ3n) is 2.95. The number of hydrazone groups is 1. The van der Waals surface area contributed by atoms with Crippen LogP contribution in [0, 0.1) is 0 Å². The molecule has 2 rings (SSSR count). The van der Waals surface area contributed by atoms with E-state index < -0.39 is 10.0 Å². The minimum atomic E-state index is -3.83. The molecule has 0 aliphatic heterocycles. The summed E-state index contributed by atoms with van der Waals surface area (Å²) in [4.78, 5) is 2.14. The molecule has 2 aromatic carbocycles. The van der Waals surface area contributed by atoms with Gasteiger partial charge in [-0.05, 0) is 50.2 Å². The lowest BCUT2D eigenvalue weighted by molar-refractivity contribution is 0.242. The van der Waals surface area contributed by atoms with Gasteiger partial charge in [0.1, 0.15) is 5.75 Å². The van der Waals surface area contributed by atoms with E-state index in [4.69, 9.17) is 39.5 Å². The van der Waals surface area contributed by atoms with Crippen molar-refractivity contribution >= 4 is 51.0 Å². The Balaban J connectivity index is 2.15. The number of hydrogen-bond donors (Lipinski definition) is 1. The Morgan fingerprint density at radius 3 is 2.24 bits per heavy atom. The third-order valence-corrected chi connectivity index (χ3v) is 5.34. The summed E-state index contributed by atoms with van der Waals surface area (Å²) in [5.74, 6) is 0.579. The molecule has 0 saturated heterocycles. The van der Waals surface area contributed by atoms with Crippen molar-refractivity contribution in [2.45, 2.75) is 24.8 Å². The maximum absolute atomic E-state index is 12.2. The fourth-order valence-corrected chi connectivity index (χ4v) is 3.27. The molecule has 1 N–H and O–H groups in total. The zero-order valence-electron chi connectivity index (χ0n) is 13.3. The molecular weight excluding hydrogens is 407 g/mol. The Kier molecular flexibility index (Phi) is 6.57. The second-order valence-corrected chi connectivity index (χ2v) is 8.10. The second kappa shape index (κ2) is 8.27. The first kappa shape index (κ1) is 19.8. The predicted molar refractivity (Wildman–Crippen MR) is 102 cm³/mol. The number of hydrogen-bond acceptors (Lipinski definition) is 4. The standard InChI is InChI=1S/C16H15Cl3N2O3S/c1-10(2)24-11-3-5-12(6-4-11)25(22,23)21-20-9-13-14(17)7-8-15(18)16(13)19/h3-10,21H,1-2H3/b20-9+. The van der Waals surface area contributed by atoms with E-state index in [1.54, 1.807) is 18.2 Å². The van der Waals surface area contributed by atoms with E-state index in [1.165, 1.54) is 24.4 Å². The van der Waals surface area contributed by atoms with Gasteiger partial charge in [-0.15, -0.1) is 0 Å². The molecule has 2 aromatic rings. The van der Waals surface area contributed by atoms with Crippen molar-refractivity contribution < 1.29 is 13.2 Å². The molecule has 134 valence electrons. The van der Waals surface area contributed by atoms with Crippen molar-refractivity contribution in [3.63, 3.8) is 0 Å². The van der Waals surface area contributed by atoms with Gasteiger partial charge in [0.25, 0.3) is 10.0 Å². The predicted octanol–water partition coefficient (Wildman–Crippen LogP) is 4.75. The topological polar surface area (TPSA) is 67.8 Å². The first-order valence-electron chi connectivity index (χ1n) is 7.16. The summed E-state index contributed by atoms with van der Waals surface area (Å²) >= 11 is 17.9. The van der Waals surface area contributed by atoms with E-state index in [0.717, 1.165) is 0 Å². The van der Waals surface area contributed by atoms with Gasteiger partial charge in [0.05, 0.1) is 32.3 Å². The third kappa shape index (κ3) is 5.25. The molecule has 0 fully saturated rings. The van der Waals surface area contributed by atoms with Gasteiger partial charge in [-0.25, -0.2) is 4.83 Å². The molecule has 0 amide bonds. The maximum atomic E-state index is 12.2. The van der Waals surface area contributed by atoms with Gasteiger partial charge in [0.2, 0.25) is 0 Å². The van der Waals surface area contributed by atoms with Crippen LogP contribution in [0.25, 0.3) is 0 Å². The Morgan fingerprint density at radius 2 is 1.64 bits per heavy atom. The summed E-state index contributed by atoms with van der Waals surface area (Å²) in [6.07, 6.45) is 1.20. The van der Waals surface area contributed by atoms with Crippen LogP contribution in [0.3, 0.4) is 0 Å². The molecule has 0 aliphatic carbocycles. The summed E-state index contributed by atoms with van der Waals surface area (Å²) in [6.45, 7) is 3.76. The minimum Gasteiger partial charge on any atom is -0.491 e. The fraction of sp³-hybridized carbons (Fsp3) is 0.188. The fourth-order valence-electron chi connectivity index (χ4n) is 1.84. The van der Waals surface area contributed by atoms with Gasteiger partial charge in [-0.3, -0.25) is 0 Å². The highest BCUT2D eigenvalue weighted by atomic mass is 35.5. The normalized spacial score (nSPS) is 11.9. The van der Waals surface area contributed by atoms with Crippen LogP contribution < -0.4 is 9.57 Å². The number of nitrogens with zero attached hydrogens (tertiary/aromatic N) is 1. The van der Waals surface area contributed by atoms with Crippen LogP contribution in [0.4, 0.5) is 0 Å². The van der Waals surface area contributed by atoms with Crippen molar-refractivity contribution in [1.29, 1.82) is 0 Å². The average Bonchev–Trinajstić information content (AvgIpc) is 2.54. The molecule has 5 nitrogen and oxygen atoms in total. The molecule has 0 spiro atoms. The van der Waals surface area contributed by atoms with Crippen molar-refractivity contribution in [2.24, 2.45) is 5.10 Å². The number of halogens is 3. The maximum Gasteiger partial charge on any atom is 0.276 e. The van der Waals surface area contributed by atoms with E-state index in [-0.39, 0.29) is 21.0 Å². The van der Waals surface area contributed by atoms with Crippen LogP contribution in [0.2, 0.25) is 15.1 Å². The molecule has 9 heteroatoms. The SMILES string of the molecule is CC(C)Oc1ccc(S(=O)(=O)N/N=C/c2c(Cl)ccc(Cl)c2Cl)cc1. The van der Waals surface area contributed by atoms with Gasteiger partial charge in [0, 0.05) is 5.56 Å². The molecule has 0 aliphatic rings. The average molecular weight is 422 g/mol. The molecule has 0 unspecified atom stereocenters. The van der Waals surface area contributed by atoms with Crippen molar-refractivity contribution in [2.75, 3.05) is 0 Å². The molecule has 0 radical (unpaired) electrons. The second-order valence-electron chi connectivity index (χ2n) is 5.25. The Labute approximate surface area is 161 Å². The number of nitrogens with one attached hydrogen (secondary N) is 1. The first-order valence-corrected chi connectivity index (χ1v) is 9.77. The van der Waals surface area contributed by atoms with Crippen LogP contribution in [-0.4, -0.2) is 20.7 Å². The smallest absolute Gasteiger partial charge is 0.276 e. The zero-order chi connectivity index (χ0) is 18.6. The quantitative estimate of drug-likeness (QED) is 0.416. The van der Waals surface area contributed by atoms with Crippen molar-refractivity contribution in [3.8, 4) is 5.75 Å². The molecule has 0 atom stereocenters. The summed E-state index contributed by atoms with van der Waals surface area (Å²) in [6, 6.07) is 9.07. The Bertz CT molecular complexity index is 882. The van der Waals surface area contributed by atoms with E-state index in [0.29, 0.717) is 16.3 Å². The van der Waals surface area contributed by atoms with E-state index in [2.05, 4.69) is 9.93 Å². The largest absolute Gasteiger partial charge is 0.491 e. The summed E-state index contributed by atoms with van der Waals surface area (Å²) < 4.78 is 29.9. The molecule has 0 heterocycles. The molecule has 0 bridgehead atoms. The van der Waals surface area contributed by atoms with Crippen LogP contribution in [0.1, 0.15) is 19.4 Å². The summed E-state index contributed by atoms with van der Waals surface area (Å²) in [5, 5.41) is 4.48. The van der Waals surface area contributed by atoms with Gasteiger partial charge in [0.15, 0.2) is 0 Å². The van der Waals surface area contributed by atoms with Gasteiger partial charge in [-0.2, -0.15) is 13.5 Å². The molecule has 0 aromatic heterocycles. The Morgan fingerprint density at radius 1 is 1.04 bits per heavy atom. The van der Waals surface area contributed by atoms with E-state index >= 15 is 0 Å². The molecular formula is C16H15Cl3N2O3S. The lowest BCUT2D eigenvalue weighted by atomic mass is 10.2. The lowest BCUT2D eigenvalue weighted by Gasteiger charge is -2.10. The van der Waals surface area contributed by atoms with Gasteiger partial charge < -0.3 is 4.74 Å². The number of rotatable bonds is 6. The minimum absolute atomic E-state index is 0.00243. The highest BCUT2D eigenvalue weighted by Crippen LogP contribution is 2.30. The van der Waals surface area contributed by atoms with Crippen LogP contribution in [0.5, 0.6) is 5.75 Å². The van der Waals surface area contributed by atoms with Crippen LogP contribution in [0.15, 0.2) is 46.4 Å². The Hall–Kier alpha value is -1.47. The van der Waals surface area contributed by atoms with E-state index in [9.17, 15) is 8.42 Å². The summed E-state index contributed by atoms with van der Waals surface area (Å²) in [5.41, 5.74) is 0.319. The van der Waals surface area contributed by atoms with Gasteiger partial charge >= 0.3 is 0 Å². The monoisotopic (exact) mass is 420 g/mol. The van der Waals surface area contributed by atoms with Gasteiger partial charge in [-0.1, -0.05) is 34.8 Å². The molecule has 25 heavy (non-hydrogen) atoms. The number of benzene rings is 2. The van der Waals surface area contributed by atoms with Crippen LogP contribution in [-0.2, 0) is 10.0 Å². The van der Waals surface area contributed by atoms with Crippen molar-refractivity contribution in [3.05, 3.63) is 57.0 Å². The van der Waals surface area contributed by atoms with Crippen molar-refractivity contribution in [1.82, 2.24) is 4.83 Å². The highest BCUT2D eigenvalue weighted by Gasteiger charge is 2.13. The lowest BCUT2D eigenvalue weighted by Crippen LogP contribution is -2.18.